The minimum Gasteiger partial charge on any atom is -0.493 e. The lowest BCUT2D eigenvalue weighted by Gasteiger charge is -2.27. The normalized spacial score (nSPS) is 14.6. The Balaban J connectivity index is 1.64. The first-order valence-corrected chi connectivity index (χ1v) is 13.9. The molecule has 3 aromatic rings. The lowest BCUT2D eigenvalue weighted by molar-refractivity contribution is -0.0455. The van der Waals surface area contributed by atoms with Gasteiger partial charge < -0.3 is 26.0 Å². The molecule has 5 N–H and O–H groups in total. The van der Waals surface area contributed by atoms with Gasteiger partial charge in [-0.25, -0.2) is 37.3 Å². The van der Waals surface area contributed by atoms with E-state index in [1.165, 1.54) is 12.1 Å². The van der Waals surface area contributed by atoms with Crippen molar-refractivity contribution in [2.24, 2.45) is 15.7 Å². The number of benzene rings is 2. The molecular weight excluding hydrogens is 645 g/mol. The van der Waals surface area contributed by atoms with Crippen LogP contribution in [0.25, 0.3) is 11.3 Å². The molecule has 2 heterocycles. The summed E-state index contributed by atoms with van der Waals surface area (Å²) in [5, 5.41) is 11.7. The number of nitrogens with zero attached hydrogens (tertiary/aromatic N) is 5. The van der Waals surface area contributed by atoms with Crippen LogP contribution >= 0.6 is 23.2 Å². The van der Waals surface area contributed by atoms with Gasteiger partial charge in [0.25, 0.3) is 5.92 Å². The van der Waals surface area contributed by atoms with Crippen LogP contribution in [0.15, 0.2) is 40.3 Å². The van der Waals surface area contributed by atoms with Crippen molar-refractivity contribution in [2.75, 3.05) is 25.5 Å². The van der Waals surface area contributed by atoms with E-state index in [4.69, 9.17) is 44.1 Å². The summed E-state index contributed by atoms with van der Waals surface area (Å²) >= 11 is 12.9. The van der Waals surface area contributed by atoms with Gasteiger partial charge in [-0.3, -0.25) is 9.89 Å². The van der Waals surface area contributed by atoms with Gasteiger partial charge in [0.1, 0.15) is 29.3 Å². The summed E-state index contributed by atoms with van der Waals surface area (Å²) < 4.78 is 65.6. The topological polar surface area (TPSA) is 162 Å². The van der Waals surface area contributed by atoms with Crippen LogP contribution in [0.1, 0.15) is 30.2 Å². The first kappa shape index (κ1) is 33.7. The highest BCUT2D eigenvalue weighted by Crippen LogP contribution is 2.43. The number of halogens is 6. The van der Waals surface area contributed by atoms with E-state index in [2.05, 4.69) is 20.0 Å². The Morgan fingerprint density at radius 1 is 1.20 bits per heavy atom. The third kappa shape index (κ3) is 8.29. The predicted molar refractivity (Wildman–Crippen MR) is 160 cm³/mol. The van der Waals surface area contributed by atoms with Gasteiger partial charge in [0, 0.05) is 35.6 Å². The summed E-state index contributed by atoms with van der Waals surface area (Å²) in [5.74, 6) is -5.15. The minimum atomic E-state index is -3.22. The summed E-state index contributed by atoms with van der Waals surface area (Å²) in [6.45, 7) is -1.36. The zero-order chi connectivity index (χ0) is 32.9. The van der Waals surface area contributed by atoms with Crippen LogP contribution in [0.3, 0.4) is 0 Å². The fourth-order valence-electron chi connectivity index (χ4n) is 4.56. The van der Waals surface area contributed by atoms with Gasteiger partial charge in [-0.2, -0.15) is 0 Å². The van der Waals surface area contributed by atoms with E-state index in [9.17, 15) is 27.5 Å². The molecule has 0 fully saturated rings. The van der Waals surface area contributed by atoms with Crippen molar-refractivity contribution in [2.45, 2.75) is 38.0 Å². The number of amides is 1. The number of aliphatic imine (C=N–C) groups is 2. The Kier molecular flexibility index (Phi) is 10.4. The van der Waals surface area contributed by atoms with E-state index in [1.54, 1.807) is 0 Å². The standard InChI is InChI=1S/C28H27Cl2F4N7O4/c1-27(33,34)12-45-26(42)41-9-17-21(10-41)39-25(36)40-24(17)23-19(30)6-15(29)7-22(23)44-5-4-28(43,11-37-14-38-13-35)18-3-2-16(31)8-20(18)32/h2-3,6-8,13-14,43H,4-5,9-12H2,1H3,(H2,35,37,38)(H2,36,39,40)/t28-/m0/s1. The van der Waals surface area contributed by atoms with Crippen molar-refractivity contribution in [1.82, 2.24) is 14.9 Å². The van der Waals surface area contributed by atoms with Gasteiger partial charge in [-0.15, -0.1) is 0 Å². The molecule has 0 radical (unpaired) electrons. The second kappa shape index (κ2) is 13.8. The maximum absolute atomic E-state index is 14.7. The number of alkyl halides is 2. The van der Waals surface area contributed by atoms with Crippen LogP contribution in [0.5, 0.6) is 5.75 Å². The first-order chi connectivity index (χ1) is 21.2. The summed E-state index contributed by atoms with van der Waals surface area (Å²) in [7, 11) is 0. The summed E-state index contributed by atoms with van der Waals surface area (Å²) in [4.78, 5) is 29.7. The van der Waals surface area contributed by atoms with E-state index in [-0.39, 0.29) is 71.2 Å². The number of hydrogen-bond donors (Lipinski definition) is 3. The molecule has 17 heteroatoms. The van der Waals surface area contributed by atoms with E-state index < -0.39 is 35.9 Å². The fraction of sp³-hybridized carbons (Fsp3) is 0.321. The molecule has 4 rings (SSSR count). The second-order valence-corrected chi connectivity index (χ2v) is 10.9. The number of anilines is 1. The van der Waals surface area contributed by atoms with Crippen LogP contribution in [-0.4, -0.2) is 64.4 Å². The van der Waals surface area contributed by atoms with Crippen molar-refractivity contribution in [3.05, 3.63) is 68.8 Å². The second-order valence-electron chi connectivity index (χ2n) is 10.1. The largest absolute Gasteiger partial charge is 0.493 e. The molecule has 1 atom stereocenters. The number of nitrogen functional groups attached to an aromatic ring is 1. The third-order valence-corrected chi connectivity index (χ3v) is 7.07. The van der Waals surface area contributed by atoms with E-state index >= 15 is 0 Å². The van der Waals surface area contributed by atoms with Crippen LogP contribution in [0, 0.1) is 11.6 Å². The van der Waals surface area contributed by atoms with Crippen LogP contribution in [0.2, 0.25) is 10.0 Å². The summed E-state index contributed by atoms with van der Waals surface area (Å²) in [6.07, 6.45) is 0.783. The number of carbonyl (C=O) groups is 1. The van der Waals surface area contributed by atoms with Gasteiger partial charge in [-0.05, 0) is 18.2 Å². The zero-order valence-corrected chi connectivity index (χ0v) is 25.1. The molecule has 0 saturated heterocycles. The molecule has 0 unspecified atom stereocenters. The third-order valence-electron chi connectivity index (χ3n) is 6.56. The van der Waals surface area contributed by atoms with Crippen molar-refractivity contribution in [3.8, 4) is 17.0 Å². The monoisotopic (exact) mass is 671 g/mol. The highest BCUT2D eigenvalue weighted by atomic mass is 35.5. The van der Waals surface area contributed by atoms with Crippen LogP contribution < -0.4 is 16.2 Å². The number of fused-ring (bicyclic) bond motifs is 1. The van der Waals surface area contributed by atoms with Crippen molar-refractivity contribution < 1.29 is 36.9 Å². The maximum Gasteiger partial charge on any atom is 0.410 e. The molecule has 240 valence electrons. The van der Waals surface area contributed by atoms with Gasteiger partial charge in [0.05, 0.1) is 54.6 Å². The number of aliphatic hydroxyl groups is 1. The summed E-state index contributed by atoms with van der Waals surface area (Å²) in [5.41, 5.74) is 10.1. The summed E-state index contributed by atoms with van der Waals surface area (Å²) in [6, 6.07) is 5.55. The van der Waals surface area contributed by atoms with E-state index in [1.807, 2.05) is 0 Å². The SMILES string of the molecule is CC(F)(F)COC(=O)N1Cc2nc(N)nc(-c3c(Cl)cc(Cl)cc3OCC[C@](O)(CN=CN=CN)c3ccc(F)cc3F)c2C1. The van der Waals surface area contributed by atoms with Gasteiger partial charge in [0.15, 0.2) is 6.61 Å². The minimum absolute atomic E-state index is 0.0774. The molecule has 1 aliphatic rings. The molecule has 0 bridgehead atoms. The van der Waals surface area contributed by atoms with Crippen LogP contribution in [0.4, 0.5) is 28.3 Å². The number of aromatic nitrogens is 2. The first-order valence-electron chi connectivity index (χ1n) is 13.2. The van der Waals surface area contributed by atoms with Crippen molar-refractivity contribution in [3.63, 3.8) is 0 Å². The number of carbonyl (C=O) groups excluding carboxylic acids is 1. The van der Waals surface area contributed by atoms with Crippen molar-refractivity contribution in [1.29, 1.82) is 0 Å². The number of rotatable bonds is 11. The van der Waals surface area contributed by atoms with Crippen LogP contribution in [-0.2, 0) is 23.4 Å². The Labute approximate surface area is 264 Å². The Morgan fingerprint density at radius 2 is 1.96 bits per heavy atom. The molecule has 0 spiro atoms. The number of ether oxygens (including phenoxy) is 2. The Morgan fingerprint density at radius 3 is 2.64 bits per heavy atom. The molecule has 2 aromatic carbocycles. The Bertz CT molecular complexity index is 1640. The van der Waals surface area contributed by atoms with E-state index in [0.29, 0.717) is 24.2 Å². The molecular formula is C28H27Cl2F4N7O4. The number of nitrogens with two attached hydrogens (primary N) is 2. The molecule has 11 nitrogen and oxygen atoms in total. The lowest BCUT2D eigenvalue weighted by atomic mass is 9.90. The van der Waals surface area contributed by atoms with Crippen molar-refractivity contribution >= 4 is 47.9 Å². The quantitative estimate of drug-likeness (QED) is 0.144. The fourth-order valence-corrected chi connectivity index (χ4v) is 5.12. The molecule has 1 aliphatic heterocycles. The van der Waals surface area contributed by atoms with E-state index in [0.717, 1.165) is 29.7 Å². The zero-order valence-electron chi connectivity index (χ0n) is 23.6. The highest BCUT2D eigenvalue weighted by Gasteiger charge is 2.35. The average Bonchev–Trinajstić information content (AvgIpc) is 3.37. The molecule has 1 amide bonds. The highest BCUT2D eigenvalue weighted by molar-refractivity contribution is 6.37. The molecule has 45 heavy (non-hydrogen) atoms. The smallest absolute Gasteiger partial charge is 0.410 e. The lowest BCUT2D eigenvalue weighted by Crippen LogP contribution is -2.33. The average molecular weight is 672 g/mol. The molecule has 1 aromatic heterocycles. The Hall–Kier alpha value is -4.21. The van der Waals surface area contributed by atoms with Gasteiger partial charge in [-0.1, -0.05) is 29.3 Å². The maximum atomic E-state index is 14.7. The van der Waals surface area contributed by atoms with Gasteiger partial charge in [0.2, 0.25) is 5.95 Å². The molecule has 0 saturated carbocycles. The van der Waals surface area contributed by atoms with Gasteiger partial charge >= 0.3 is 6.09 Å². The number of hydrogen-bond acceptors (Lipinski definition) is 8. The molecule has 0 aliphatic carbocycles. The predicted octanol–water partition coefficient (Wildman–Crippen LogP) is 5.09.